The summed E-state index contributed by atoms with van der Waals surface area (Å²) >= 11 is 1.63. The Hall–Kier alpha value is -1.82. The van der Waals surface area contributed by atoms with Gasteiger partial charge in [-0.2, -0.15) is 0 Å². The van der Waals surface area contributed by atoms with E-state index in [1.54, 1.807) is 11.3 Å². The van der Waals surface area contributed by atoms with Gasteiger partial charge in [-0.1, -0.05) is 0 Å². The Bertz CT molecular complexity index is 692. The van der Waals surface area contributed by atoms with E-state index >= 15 is 0 Å². The molecular weight excluding hydrogens is 272 g/mol. The van der Waals surface area contributed by atoms with Crippen LogP contribution >= 0.6 is 11.3 Å². The number of carbonyl (C=O) groups is 1. The monoisotopic (exact) mass is 290 g/mol. The van der Waals surface area contributed by atoms with Crippen molar-refractivity contribution in [2.24, 2.45) is 0 Å². The molecule has 3 N–H and O–H groups in total. The van der Waals surface area contributed by atoms with E-state index in [9.17, 15) is 4.79 Å². The standard InChI is InChI=1S/C14H18N4OS/c1-8-17-10-7-11(9(15)6-12(10)20-8)18-5-4-16-13(19)14(18,2)3/h6-7H,4-5,15H2,1-3H3,(H,16,19). The molecule has 1 fully saturated rings. The maximum Gasteiger partial charge on any atom is 0.245 e. The third-order valence-electron chi connectivity index (χ3n) is 3.79. The number of rotatable bonds is 1. The van der Waals surface area contributed by atoms with Crippen LogP contribution in [0.25, 0.3) is 10.2 Å². The summed E-state index contributed by atoms with van der Waals surface area (Å²) in [7, 11) is 0. The Morgan fingerprint density at radius 3 is 2.95 bits per heavy atom. The Kier molecular flexibility index (Phi) is 2.86. The number of amides is 1. The van der Waals surface area contributed by atoms with Gasteiger partial charge in [-0.15, -0.1) is 11.3 Å². The molecule has 0 radical (unpaired) electrons. The maximum atomic E-state index is 12.1. The fourth-order valence-corrected chi connectivity index (χ4v) is 3.51. The first kappa shape index (κ1) is 13.2. The fourth-order valence-electron chi connectivity index (χ4n) is 2.65. The summed E-state index contributed by atoms with van der Waals surface area (Å²) in [5.41, 5.74) is 8.13. The number of nitrogen functional groups attached to an aromatic ring is 1. The molecule has 6 heteroatoms. The highest BCUT2D eigenvalue weighted by Crippen LogP contribution is 2.35. The number of nitrogens with two attached hydrogens (primary N) is 1. The number of aromatic nitrogens is 1. The molecular formula is C14H18N4OS. The van der Waals surface area contributed by atoms with Gasteiger partial charge in [0.1, 0.15) is 5.54 Å². The molecule has 1 aromatic carbocycles. The normalized spacial score (nSPS) is 18.4. The highest BCUT2D eigenvalue weighted by Gasteiger charge is 2.38. The molecule has 1 amide bonds. The third-order valence-corrected chi connectivity index (χ3v) is 4.72. The molecule has 1 aliphatic heterocycles. The Labute approximate surface area is 121 Å². The number of piperazine rings is 1. The SMILES string of the molecule is Cc1nc2cc(N3CCNC(=O)C3(C)C)c(N)cc2s1. The lowest BCUT2D eigenvalue weighted by molar-refractivity contribution is -0.126. The van der Waals surface area contributed by atoms with Crippen LogP contribution in [0.4, 0.5) is 11.4 Å². The highest BCUT2D eigenvalue weighted by atomic mass is 32.1. The van der Waals surface area contributed by atoms with Gasteiger partial charge in [-0.05, 0) is 32.9 Å². The van der Waals surface area contributed by atoms with Crippen LogP contribution in [0.1, 0.15) is 18.9 Å². The van der Waals surface area contributed by atoms with Crippen molar-refractivity contribution in [1.82, 2.24) is 10.3 Å². The van der Waals surface area contributed by atoms with Crippen LogP contribution in [0.15, 0.2) is 12.1 Å². The first-order valence-electron chi connectivity index (χ1n) is 6.62. The zero-order chi connectivity index (χ0) is 14.5. The Morgan fingerprint density at radius 1 is 1.45 bits per heavy atom. The number of anilines is 2. The fraction of sp³-hybridized carbons (Fsp3) is 0.429. The number of fused-ring (bicyclic) bond motifs is 1. The minimum Gasteiger partial charge on any atom is -0.397 e. The quantitative estimate of drug-likeness (QED) is 0.787. The molecule has 0 spiro atoms. The number of carbonyl (C=O) groups excluding carboxylic acids is 1. The third kappa shape index (κ3) is 1.91. The van der Waals surface area contributed by atoms with Crippen molar-refractivity contribution >= 4 is 38.8 Å². The van der Waals surface area contributed by atoms with Gasteiger partial charge in [-0.3, -0.25) is 4.79 Å². The summed E-state index contributed by atoms with van der Waals surface area (Å²) in [5, 5.41) is 3.92. The van der Waals surface area contributed by atoms with Crippen molar-refractivity contribution in [3.05, 3.63) is 17.1 Å². The van der Waals surface area contributed by atoms with E-state index in [2.05, 4.69) is 15.2 Å². The lowest BCUT2D eigenvalue weighted by Crippen LogP contribution is -2.62. The minimum absolute atomic E-state index is 0.0257. The number of nitrogens with one attached hydrogen (secondary N) is 1. The number of nitrogens with zero attached hydrogens (tertiary/aromatic N) is 2. The second-order valence-electron chi connectivity index (χ2n) is 5.58. The molecule has 0 saturated carbocycles. The maximum absolute atomic E-state index is 12.1. The van der Waals surface area contributed by atoms with Crippen LogP contribution in [-0.2, 0) is 4.79 Å². The average molecular weight is 290 g/mol. The van der Waals surface area contributed by atoms with Gasteiger partial charge in [0.15, 0.2) is 0 Å². The Morgan fingerprint density at radius 2 is 2.20 bits per heavy atom. The van der Waals surface area contributed by atoms with Gasteiger partial charge in [0.2, 0.25) is 5.91 Å². The molecule has 3 rings (SSSR count). The van der Waals surface area contributed by atoms with Crippen LogP contribution in [-0.4, -0.2) is 29.5 Å². The lowest BCUT2D eigenvalue weighted by Gasteiger charge is -2.43. The van der Waals surface area contributed by atoms with E-state index in [-0.39, 0.29) is 5.91 Å². The second-order valence-corrected chi connectivity index (χ2v) is 6.81. The zero-order valence-corrected chi connectivity index (χ0v) is 12.7. The van der Waals surface area contributed by atoms with Crippen LogP contribution in [0.2, 0.25) is 0 Å². The molecule has 1 aromatic heterocycles. The van der Waals surface area contributed by atoms with E-state index in [0.29, 0.717) is 12.2 Å². The summed E-state index contributed by atoms with van der Waals surface area (Å²) < 4.78 is 1.09. The molecule has 0 aliphatic carbocycles. The van der Waals surface area contributed by atoms with Crippen molar-refractivity contribution in [3.63, 3.8) is 0 Å². The van der Waals surface area contributed by atoms with E-state index in [4.69, 9.17) is 5.73 Å². The van der Waals surface area contributed by atoms with E-state index in [1.165, 1.54) is 0 Å². The first-order valence-corrected chi connectivity index (χ1v) is 7.44. The second kappa shape index (κ2) is 4.34. The first-order chi connectivity index (χ1) is 9.39. The molecule has 2 heterocycles. The number of hydrogen-bond donors (Lipinski definition) is 2. The van der Waals surface area contributed by atoms with E-state index in [1.807, 2.05) is 32.9 Å². The van der Waals surface area contributed by atoms with Gasteiger partial charge >= 0.3 is 0 Å². The predicted octanol–water partition coefficient (Wildman–Crippen LogP) is 1.90. The lowest BCUT2D eigenvalue weighted by atomic mass is 9.97. The van der Waals surface area contributed by atoms with Crippen molar-refractivity contribution in [3.8, 4) is 0 Å². The molecule has 0 unspecified atom stereocenters. The van der Waals surface area contributed by atoms with Crippen LogP contribution in [0.3, 0.4) is 0 Å². The van der Waals surface area contributed by atoms with Crippen LogP contribution in [0, 0.1) is 6.92 Å². The average Bonchev–Trinajstić information content (AvgIpc) is 2.71. The van der Waals surface area contributed by atoms with Crippen molar-refractivity contribution in [2.45, 2.75) is 26.3 Å². The van der Waals surface area contributed by atoms with Gasteiger partial charge in [-0.25, -0.2) is 4.98 Å². The summed E-state index contributed by atoms with van der Waals surface area (Å²) in [4.78, 5) is 18.6. The van der Waals surface area contributed by atoms with Crippen molar-refractivity contribution in [1.29, 1.82) is 0 Å². The summed E-state index contributed by atoms with van der Waals surface area (Å²) in [6.07, 6.45) is 0. The smallest absolute Gasteiger partial charge is 0.245 e. The molecule has 1 saturated heterocycles. The molecule has 5 nitrogen and oxygen atoms in total. The Balaban J connectivity index is 2.13. The van der Waals surface area contributed by atoms with Crippen LogP contribution < -0.4 is 16.0 Å². The number of thiazole rings is 1. The summed E-state index contributed by atoms with van der Waals surface area (Å²) in [6.45, 7) is 7.20. The topological polar surface area (TPSA) is 71.2 Å². The number of hydrogen-bond acceptors (Lipinski definition) is 5. The predicted molar refractivity (Wildman–Crippen MR) is 83.2 cm³/mol. The van der Waals surface area contributed by atoms with Gasteiger partial charge in [0.05, 0.1) is 26.6 Å². The summed E-state index contributed by atoms with van der Waals surface area (Å²) in [5.74, 6) is 0.0257. The number of benzene rings is 1. The molecule has 0 atom stereocenters. The summed E-state index contributed by atoms with van der Waals surface area (Å²) in [6, 6.07) is 3.95. The van der Waals surface area contributed by atoms with E-state index in [0.717, 1.165) is 27.5 Å². The molecule has 1 aliphatic rings. The van der Waals surface area contributed by atoms with Gasteiger partial charge in [0, 0.05) is 13.1 Å². The molecule has 0 bridgehead atoms. The van der Waals surface area contributed by atoms with Crippen molar-refractivity contribution < 1.29 is 4.79 Å². The van der Waals surface area contributed by atoms with E-state index < -0.39 is 5.54 Å². The van der Waals surface area contributed by atoms with Gasteiger partial charge in [0.25, 0.3) is 0 Å². The van der Waals surface area contributed by atoms with Crippen LogP contribution in [0.5, 0.6) is 0 Å². The largest absolute Gasteiger partial charge is 0.397 e. The molecule has 20 heavy (non-hydrogen) atoms. The zero-order valence-electron chi connectivity index (χ0n) is 11.9. The molecule has 2 aromatic rings. The van der Waals surface area contributed by atoms with Crippen molar-refractivity contribution in [2.75, 3.05) is 23.7 Å². The molecule has 106 valence electrons. The minimum atomic E-state index is -0.606. The van der Waals surface area contributed by atoms with Gasteiger partial charge < -0.3 is 16.0 Å². The number of aryl methyl sites for hydroxylation is 1. The highest BCUT2D eigenvalue weighted by molar-refractivity contribution is 7.18.